The first-order valence-electron chi connectivity index (χ1n) is 7.39. The van der Waals surface area contributed by atoms with Crippen molar-refractivity contribution >= 4 is 62.2 Å². The summed E-state index contributed by atoms with van der Waals surface area (Å²) in [6.45, 7) is 0. The van der Waals surface area contributed by atoms with E-state index in [-0.39, 0.29) is 5.24 Å². The minimum atomic E-state index is -0.392. The van der Waals surface area contributed by atoms with Crippen LogP contribution >= 0.6 is 39.3 Å². The molecule has 0 aliphatic carbocycles. The van der Waals surface area contributed by atoms with Crippen LogP contribution in [-0.4, -0.2) is 25.4 Å². The number of hydrogen-bond acceptors (Lipinski definition) is 5. The number of benzene rings is 2. The topological polar surface area (TPSA) is 55.8 Å². The van der Waals surface area contributed by atoms with Gasteiger partial charge in [0, 0.05) is 16.7 Å². The lowest BCUT2D eigenvalue weighted by Crippen LogP contribution is -2.27. The first-order chi connectivity index (χ1) is 12.4. The fourth-order valence-corrected chi connectivity index (χ4v) is 3.90. The number of nitrogens with zero attached hydrogens (tertiary/aromatic N) is 1. The predicted octanol–water partition coefficient (Wildman–Crippen LogP) is 5.36. The number of thioether (sulfide) groups is 1. The summed E-state index contributed by atoms with van der Waals surface area (Å²) < 4.78 is 11.3. The Kier molecular flexibility index (Phi) is 5.60. The summed E-state index contributed by atoms with van der Waals surface area (Å²) >= 11 is 10.2. The van der Waals surface area contributed by atoms with E-state index in [0.717, 1.165) is 16.7 Å². The third-order valence-corrected chi connectivity index (χ3v) is 5.41. The number of rotatable bonds is 4. The molecule has 1 fully saturated rings. The molecule has 1 aliphatic heterocycles. The molecule has 2 amide bonds. The molecule has 0 bridgehead atoms. The van der Waals surface area contributed by atoms with Gasteiger partial charge in [0.2, 0.25) is 0 Å². The molecule has 1 heterocycles. The van der Waals surface area contributed by atoms with E-state index in [1.807, 2.05) is 0 Å². The van der Waals surface area contributed by atoms with Crippen molar-refractivity contribution in [2.24, 2.45) is 0 Å². The van der Waals surface area contributed by atoms with Crippen molar-refractivity contribution in [2.45, 2.75) is 0 Å². The van der Waals surface area contributed by atoms with Gasteiger partial charge in [0.1, 0.15) is 11.5 Å². The van der Waals surface area contributed by atoms with Gasteiger partial charge in [-0.15, -0.1) is 0 Å². The molecule has 1 saturated heterocycles. The molecule has 0 spiro atoms. The number of hydrogen-bond donors (Lipinski definition) is 0. The summed E-state index contributed by atoms with van der Waals surface area (Å²) in [7, 11) is 3.08. The van der Waals surface area contributed by atoms with Crippen LogP contribution in [-0.2, 0) is 4.79 Å². The minimum Gasteiger partial charge on any atom is -0.496 e. The summed E-state index contributed by atoms with van der Waals surface area (Å²) in [5.74, 6) is 0.743. The van der Waals surface area contributed by atoms with Gasteiger partial charge in [0.25, 0.3) is 11.1 Å². The zero-order chi connectivity index (χ0) is 18.8. The van der Waals surface area contributed by atoms with Crippen molar-refractivity contribution in [1.29, 1.82) is 0 Å². The average Bonchev–Trinajstić information content (AvgIpc) is 2.90. The van der Waals surface area contributed by atoms with Gasteiger partial charge in [0.15, 0.2) is 0 Å². The Morgan fingerprint density at radius 3 is 2.35 bits per heavy atom. The van der Waals surface area contributed by atoms with Gasteiger partial charge < -0.3 is 9.47 Å². The number of anilines is 1. The van der Waals surface area contributed by atoms with Gasteiger partial charge in [-0.25, -0.2) is 4.90 Å². The van der Waals surface area contributed by atoms with E-state index in [9.17, 15) is 9.59 Å². The maximum atomic E-state index is 12.7. The fraction of sp³-hybridized carbons (Fsp3) is 0.111. The normalized spacial score (nSPS) is 15.7. The van der Waals surface area contributed by atoms with Gasteiger partial charge in [-0.05, 0) is 64.1 Å². The zero-order valence-electron chi connectivity index (χ0n) is 13.8. The van der Waals surface area contributed by atoms with Gasteiger partial charge in [0.05, 0.1) is 29.3 Å². The molecule has 0 unspecified atom stereocenters. The Labute approximate surface area is 168 Å². The second-order valence-electron chi connectivity index (χ2n) is 5.22. The highest BCUT2D eigenvalue weighted by Crippen LogP contribution is 2.39. The Morgan fingerprint density at radius 1 is 1.08 bits per heavy atom. The van der Waals surface area contributed by atoms with Crippen molar-refractivity contribution in [3.8, 4) is 11.5 Å². The zero-order valence-corrected chi connectivity index (χ0v) is 16.9. The van der Waals surface area contributed by atoms with Crippen molar-refractivity contribution in [2.75, 3.05) is 19.1 Å². The number of carbonyl (C=O) groups excluding carboxylic acids is 2. The molecular weight excluding hydrogens is 442 g/mol. The van der Waals surface area contributed by atoms with Crippen LogP contribution in [0.3, 0.4) is 0 Å². The molecule has 0 aromatic heterocycles. The van der Waals surface area contributed by atoms with Crippen molar-refractivity contribution < 1.29 is 19.1 Å². The minimum absolute atomic E-state index is 0.306. The summed E-state index contributed by atoms with van der Waals surface area (Å²) in [4.78, 5) is 26.5. The second kappa shape index (κ2) is 7.73. The molecule has 0 atom stereocenters. The van der Waals surface area contributed by atoms with Crippen molar-refractivity contribution in [3.05, 3.63) is 56.4 Å². The van der Waals surface area contributed by atoms with E-state index in [0.29, 0.717) is 37.2 Å². The van der Waals surface area contributed by atoms with Gasteiger partial charge >= 0.3 is 0 Å². The highest BCUT2D eigenvalue weighted by Gasteiger charge is 2.36. The molecule has 134 valence electrons. The number of carbonyl (C=O) groups is 2. The molecule has 1 aliphatic rings. The number of ether oxygens (including phenoxy) is 2. The Bertz CT molecular complexity index is 914. The summed E-state index contributed by atoms with van der Waals surface area (Å²) in [6.07, 6.45) is 1.63. The maximum Gasteiger partial charge on any atom is 0.298 e. The second-order valence-corrected chi connectivity index (χ2v) is 7.51. The smallest absolute Gasteiger partial charge is 0.298 e. The first-order valence-corrected chi connectivity index (χ1v) is 9.38. The lowest BCUT2D eigenvalue weighted by atomic mass is 10.1. The fourth-order valence-electron chi connectivity index (χ4n) is 2.42. The van der Waals surface area contributed by atoms with Crippen LogP contribution in [0.15, 0.2) is 45.8 Å². The molecule has 26 heavy (non-hydrogen) atoms. The standard InChI is InChI=1S/C18H13BrClNO4S/c1-24-14-9-15(25-2)13(19)7-10(14)8-16-17(22)21(18(23)26-16)12-5-3-11(20)4-6-12/h3-9H,1-2H3. The van der Waals surface area contributed by atoms with Crippen LogP contribution in [0.5, 0.6) is 11.5 Å². The molecule has 3 rings (SSSR count). The van der Waals surface area contributed by atoms with Gasteiger partial charge in [-0.1, -0.05) is 11.6 Å². The van der Waals surface area contributed by atoms with E-state index in [4.69, 9.17) is 21.1 Å². The maximum absolute atomic E-state index is 12.7. The van der Waals surface area contributed by atoms with Crippen molar-refractivity contribution in [3.63, 3.8) is 0 Å². The molecule has 2 aromatic rings. The summed E-state index contributed by atoms with van der Waals surface area (Å²) in [5.41, 5.74) is 1.13. The highest BCUT2D eigenvalue weighted by molar-refractivity contribution is 9.10. The van der Waals surface area contributed by atoms with Crippen LogP contribution < -0.4 is 14.4 Å². The molecule has 5 nitrogen and oxygen atoms in total. The van der Waals surface area contributed by atoms with E-state index >= 15 is 0 Å². The van der Waals surface area contributed by atoms with Crippen LogP contribution in [0.2, 0.25) is 5.02 Å². The van der Waals surface area contributed by atoms with E-state index in [1.165, 1.54) is 7.11 Å². The van der Waals surface area contributed by atoms with Crippen molar-refractivity contribution in [1.82, 2.24) is 0 Å². The quantitative estimate of drug-likeness (QED) is 0.582. The lowest BCUT2D eigenvalue weighted by molar-refractivity contribution is -0.113. The predicted molar refractivity (Wildman–Crippen MR) is 107 cm³/mol. The van der Waals surface area contributed by atoms with E-state index in [1.54, 1.807) is 49.6 Å². The summed E-state index contributed by atoms with van der Waals surface area (Å²) in [6, 6.07) is 10.0. The number of halogens is 2. The molecule has 2 aromatic carbocycles. The third-order valence-electron chi connectivity index (χ3n) is 3.67. The molecule has 0 N–H and O–H groups in total. The van der Waals surface area contributed by atoms with Gasteiger partial charge in [-0.3, -0.25) is 9.59 Å². The monoisotopic (exact) mass is 453 g/mol. The summed E-state index contributed by atoms with van der Waals surface area (Å²) in [5, 5.41) is 0.166. The lowest BCUT2D eigenvalue weighted by Gasteiger charge is -2.12. The molecule has 0 radical (unpaired) electrons. The number of methoxy groups -OCH3 is 2. The van der Waals surface area contributed by atoms with Crippen LogP contribution in [0.25, 0.3) is 6.08 Å². The first kappa shape index (κ1) is 18.8. The molecular formula is C18H13BrClNO4S. The number of amides is 2. The molecule has 0 saturated carbocycles. The molecule has 8 heteroatoms. The van der Waals surface area contributed by atoms with Crippen LogP contribution in [0.1, 0.15) is 5.56 Å². The van der Waals surface area contributed by atoms with Gasteiger partial charge in [-0.2, -0.15) is 0 Å². The van der Waals surface area contributed by atoms with E-state index < -0.39 is 5.91 Å². The Morgan fingerprint density at radius 2 is 1.73 bits per heavy atom. The largest absolute Gasteiger partial charge is 0.496 e. The van der Waals surface area contributed by atoms with E-state index in [2.05, 4.69) is 15.9 Å². The SMILES string of the molecule is COc1cc(OC)c(C=C2SC(=O)N(c3ccc(Cl)cc3)C2=O)cc1Br. The van der Waals surface area contributed by atoms with Crippen LogP contribution in [0, 0.1) is 0 Å². The average molecular weight is 455 g/mol. The third kappa shape index (κ3) is 3.60. The number of imide groups is 1. The Balaban J connectivity index is 1.98. The van der Waals surface area contributed by atoms with Crippen LogP contribution in [0.4, 0.5) is 10.5 Å². The highest BCUT2D eigenvalue weighted by atomic mass is 79.9. The Hall–Kier alpha value is -1.96.